The van der Waals surface area contributed by atoms with Crippen LogP contribution in [0.3, 0.4) is 0 Å². The van der Waals surface area contributed by atoms with Gasteiger partial charge in [0.15, 0.2) is 0 Å². The molecular weight excluding hydrogens is 311 g/mol. The molecule has 2 aromatic carbocycles. The molecular formula is C16H12Cl2O3. The Labute approximate surface area is 132 Å². The Balaban J connectivity index is 2.19. The largest absolute Gasteiger partial charge is 0.488 e. The Hall–Kier alpha value is -1.97. The van der Waals surface area contributed by atoms with Crippen molar-refractivity contribution in [1.29, 1.82) is 0 Å². The number of rotatable bonds is 5. The second kappa shape index (κ2) is 7.16. The van der Waals surface area contributed by atoms with E-state index in [0.717, 1.165) is 6.08 Å². The summed E-state index contributed by atoms with van der Waals surface area (Å²) >= 11 is 12.2. The molecule has 0 bridgehead atoms. The highest BCUT2D eigenvalue weighted by atomic mass is 35.5. The van der Waals surface area contributed by atoms with E-state index in [-0.39, 0.29) is 6.61 Å². The predicted octanol–water partition coefficient (Wildman–Crippen LogP) is 4.67. The standard InChI is InChI=1S/C16H12Cl2O3/c17-13-5-3-6-14(18)12(13)10-21-15-7-2-1-4-11(15)8-9-16(19)20/h1-9H,10H2,(H,19,20). The number of carbonyl (C=O) groups is 1. The van der Waals surface area contributed by atoms with Crippen LogP contribution in [-0.2, 0) is 11.4 Å². The van der Waals surface area contributed by atoms with Gasteiger partial charge in [-0.1, -0.05) is 47.5 Å². The summed E-state index contributed by atoms with van der Waals surface area (Å²) in [5, 5.41) is 9.74. The molecule has 0 unspecified atom stereocenters. The van der Waals surface area contributed by atoms with Crippen LogP contribution in [-0.4, -0.2) is 11.1 Å². The van der Waals surface area contributed by atoms with E-state index >= 15 is 0 Å². The zero-order valence-corrected chi connectivity index (χ0v) is 12.4. The van der Waals surface area contributed by atoms with Crippen LogP contribution in [0.1, 0.15) is 11.1 Å². The normalized spacial score (nSPS) is 10.8. The molecule has 0 aliphatic carbocycles. The molecule has 3 nitrogen and oxygen atoms in total. The van der Waals surface area contributed by atoms with Crippen LogP contribution in [0.15, 0.2) is 48.5 Å². The van der Waals surface area contributed by atoms with Gasteiger partial charge < -0.3 is 9.84 Å². The highest BCUT2D eigenvalue weighted by Gasteiger charge is 2.07. The van der Waals surface area contributed by atoms with Crippen molar-refractivity contribution < 1.29 is 14.6 Å². The maximum absolute atomic E-state index is 10.6. The summed E-state index contributed by atoms with van der Waals surface area (Å²) in [6.07, 6.45) is 2.54. The molecule has 0 aliphatic heterocycles. The lowest BCUT2D eigenvalue weighted by Crippen LogP contribution is -1.99. The first-order chi connectivity index (χ1) is 10.1. The monoisotopic (exact) mass is 322 g/mol. The maximum Gasteiger partial charge on any atom is 0.328 e. The van der Waals surface area contributed by atoms with E-state index in [1.54, 1.807) is 36.4 Å². The van der Waals surface area contributed by atoms with Crippen molar-refractivity contribution in [2.45, 2.75) is 6.61 Å². The Kier molecular flexibility index (Phi) is 5.26. The Bertz CT molecular complexity index is 661. The van der Waals surface area contributed by atoms with Crippen molar-refractivity contribution in [1.82, 2.24) is 0 Å². The van der Waals surface area contributed by atoms with Gasteiger partial charge >= 0.3 is 5.97 Å². The van der Waals surface area contributed by atoms with Crippen LogP contribution in [0.25, 0.3) is 6.08 Å². The van der Waals surface area contributed by atoms with Crippen LogP contribution in [0.4, 0.5) is 0 Å². The Morgan fingerprint density at radius 3 is 2.43 bits per heavy atom. The summed E-state index contributed by atoms with van der Waals surface area (Å²) in [6, 6.07) is 12.4. The summed E-state index contributed by atoms with van der Waals surface area (Å²) in [5.41, 5.74) is 1.36. The molecule has 0 fully saturated rings. The molecule has 0 aromatic heterocycles. The van der Waals surface area contributed by atoms with E-state index in [0.29, 0.717) is 26.9 Å². The number of hydrogen-bond donors (Lipinski definition) is 1. The van der Waals surface area contributed by atoms with E-state index in [2.05, 4.69) is 0 Å². The van der Waals surface area contributed by atoms with Gasteiger partial charge in [-0.25, -0.2) is 4.79 Å². The van der Waals surface area contributed by atoms with E-state index in [9.17, 15) is 4.79 Å². The number of ether oxygens (including phenoxy) is 1. The molecule has 0 spiro atoms. The predicted molar refractivity (Wildman–Crippen MR) is 83.9 cm³/mol. The minimum Gasteiger partial charge on any atom is -0.488 e. The molecule has 108 valence electrons. The van der Waals surface area contributed by atoms with E-state index in [1.165, 1.54) is 6.08 Å². The molecule has 2 rings (SSSR count). The van der Waals surface area contributed by atoms with Crippen molar-refractivity contribution in [2.24, 2.45) is 0 Å². The number of para-hydroxylation sites is 1. The van der Waals surface area contributed by atoms with E-state index in [1.807, 2.05) is 6.07 Å². The first kappa shape index (κ1) is 15.4. The number of carboxylic acid groups (broad SMARTS) is 1. The van der Waals surface area contributed by atoms with Crippen molar-refractivity contribution in [2.75, 3.05) is 0 Å². The van der Waals surface area contributed by atoms with Crippen LogP contribution >= 0.6 is 23.2 Å². The first-order valence-corrected chi connectivity index (χ1v) is 6.89. The summed E-state index contributed by atoms with van der Waals surface area (Å²) in [5.74, 6) is -0.454. The van der Waals surface area contributed by atoms with Gasteiger partial charge in [0.05, 0.1) is 0 Å². The number of benzene rings is 2. The summed E-state index contributed by atoms with van der Waals surface area (Å²) < 4.78 is 5.70. The smallest absolute Gasteiger partial charge is 0.328 e. The Morgan fingerprint density at radius 2 is 1.76 bits per heavy atom. The maximum atomic E-state index is 10.6. The molecule has 0 amide bonds. The second-order valence-corrected chi connectivity index (χ2v) is 5.01. The average Bonchev–Trinajstić information content (AvgIpc) is 2.45. The third-order valence-electron chi connectivity index (χ3n) is 2.76. The molecule has 1 N–H and O–H groups in total. The van der Waals surface area contributed by atoms with Crippen LogP contribution in [0.5, 0.6) is 5.75 Å². The van der Waals surface area contributed by atoms with Gasteiger partial charge in [0.25, 0.3) is 0 Å². The van der Waals surface area contributed by atoms with Crippen molar-refractivity contribution in [3.05, 3.63) is 69.7 Å². The molecule has 5 heteroatoms. The quantitative estimate of drug-likeness (QED) is 0.813. The van der Waals surface area contributed by atoms with Gasteiger partial charge in [-0.3, -0.25) is 0 Å². The topological polar surface area (TPSA) is 46.5 Å². The number of aliphatic carboxylic acids is 1. The van der Waals surface area contributed by atoms with Crippen molar-refractivity contribution in [3.8, 4) is 5.75 Å². The fourth-order valence-electron chi connectivity index (χ4n) is 1.73. The summed E-state index contributed by atoms with van der Waals surface area (Å²) in [7, 11) is 0. The highest BCUT2D eigenvalue weighted by Crippen LogP contribution is 2.27. The van der Waals surface area contributed by atoms with E-state index in [4.69, 9.17) is 33.0 Å². The van der Waals surface area contributed by atoms with Gasteiger partial charge in [0, 0.05) is 27.2 Å². The van der Waals surface area contributed by atoms with Crippen LogP contribution in [0, 0.1) is 0 Å². The zero-order chi connectivity index (χ0) is 15.2. The number of halogens is 2. The summed E-state index contributed by atoms with van der Waals surface area (Å²) in [4.78, 5) is 10.6. The molecule has 0 saturated carbocycles. The van der Waals surface area contributed by atoms with Crippen molar-refractivity contribution in [3.63, 3.8) is 0 Å². The van der Waals surface area contributed by atoms with Gasteiger partial charge in [0.1, 0.15) is 12.4 Å². The third-order valence-corrected chi connectivity index (χ3v) is 3.47. The Morgan fingerprint density at radius 1 is 1.10 bits per heavy atom. The van der Waals surface area contributed by atoms with Gasteiger partial charge in [-0.05, 0) is 24.3 Å². The minimum atomic E-state index is -1.01. The second-order valence-electron chi connectivity index (χ2n) is 4.20. The lowest BCUT2D eigenvalue weighted by Gasteiger charge is -2.11. The fourth-order valence-corrected chi connectivity index (χ4v) is 2.24. The first-order valence-electron chi connectivity index (χ1n) is 6.13. The number of hydrogen-bond acceptors (Lipinski definition) is 2. The molecule has 2 aromatic rings. The van der Waals surface area contributed by atoms with Gasteiger partial charge in [-0.2, -0.15) is 0 Å². The van der Waals surface area contributed by atoms with E-state index < -0.39 is 5.97 Å². The van der Waals surface area contributed by atoms with Crippen LogP contribution in [0.2, 0.25) is 10.0 Å². The zero-order valence-electron chi connectivity index (χ0n) is 10.9. The molecule has 21 heavy (non-hydrogen) atoms. The third kappa shape index (κ3) is 4.25. The molecule has 0 heterocycles. The van der Waals surface area contributed by atoms with Crippen LogP contribution < -0.4 is 4.74 Å². The lowest BCUT2D eigenvalue weighted by atomic mass is 10.2. The van der Waals surface area contributed by atoms with Gasteiger partial charge in [-0.15, -0.1) is 0 Å². The van der Waals surface area contributed by atoms with Gasteiger partial charge in [0.2, 0.25) is 0 Å². The lowest BCUT2D eigenvalue weighted by molar-refractivity contribution is -0.131. The minimum absolute atomic E-state index is 0.205. The SMILES string of the molecule is O=C(O)C=Cc1ccccc1OCc1c(Cl)cccc1Cl. The molecule has 0 saturated heterocycles. The number of carboxylic acids is 1. The molecule has 0 aliphatic rings. The van der Waals surface area contributed by atoms with Crippen molar-refractivity contribution >= 4 is 35.2 Å². The molecule has 0 atom stereocenters. The average molecular weight is 323 g/mol. The summed E-state index contributed by atoms with van der Waals surface area (Å²) in [6.45, 7) is 0.205. The fraction of sp³-hybridized carbons (Fsp3) is 0.0625. The molecule has 0 radical (unpaired) electrons. The highest BCUT2D eigenvalue weighted by molar-refractivity contribution is 6.35.